The van der Waals surface area contributed by atoms with Crippen molar-refractivity contribution in [1.29, 1.82) is 0 Å². The van der Waals surface area contributed by atoms with Gasteiger partial charge in [-0.1, -0.05) is 26.7 Å². The van der Waals surface area contributed by atoms with E-state index >= 15 is 0 Å². The van der Waals surface area contributed by atoms with Gasteiger partial charge in [0, 0.05) is 11.6 Å². The summed E-state index contributed by atoms with van der Waals surface area (Å²) in [6.07, 6.45) is 3.71. The Morgan fingerprint density at radius 3 is 2.22 bits per heavy atom. The van der Waals surface area contributed by atoms with E-state index in [-0.39, 0.29) is 16.0 Å². The first-order valence-corrected chi connectivity index (χ1v) is 7.21. The zero-order valence-corrected chi connectivity index (χ0v) is 12.4. The van der Waals surface area contributed by atoms with Crippen LogP contribution < -0.4 is 5.73 Å². The predicted molar refractivity (Wildman–Crippen MR) is 74.3 cm³/mol. The Morgan fingerprint density at radius 1 is 1.17 bits per heavy atom. The lowest BCUT2D eigenvalue weighted by atomic mass is 9.86. The van der Waals surface area contributed by atoms with Crippen LogP contribution in [0.15, 0.2) is 16.6 Å². The van der Waals surface area contributed by atoms with Gasteiger partial charge in [0.05, 0.1) is 4.47 Å². The van der Waals surface area contributed by atoms with E-state index in [0.29, 0.717) is 0 Å². The van der Waals surface area contributed by atoms with Gasteiger partial charge in [-0.05, 0) is 46.8 Å². The first kappa shape index (κ1) is 15.6. The molecule has 102 valence electrons. The van der Waals surface area contributed by atoms with E-state index in [1.165, 1.54) is 12.1 Å². The molecule has 1 rings (SSSR count). The van der Waals surface area contributed by atoms with E-state index in [1.807, 2.05) is 0 Å². The zero-order chi connectivity index (χ0) is 13.7. The van der Waals surface area contributed by atoms with Crippen LogP contribution in [0.2, 0.25) is 0 Å². The Balaban J connectivity index is 3.07. The van der Waals surface area contributed by atoms with Gasteiger partial charge < -0.3 is 5.73 Å². The maximum Gasteiger partial charge on any atom is 0.145 e. The fourth-order valence-electron chi connectivity index (χ4n) is 2.33. The SMILES string of the molecule is CCCC(CCC)C(N)c1c(F)ccc(Br)c1F. The average molecular weight is 320 g/mol. The van der Waals surface area contributed by atoms with E-state index in [0.717, 1.165) is 25.7 Å². The molecule has 0 amide bonds. The van der Waals surface area contributed by atoms with Crippen molar-refractivity contribution in [3.05, 3.63) is 33.8 Å². The fourth-order valence-corrected chi connectivity index (χ4v) is 2.67. The number of halogens is 3. The Bertz CT molecular complexity index is 390. The minimum Gasteiger partial charge on any atom is -0.324 e. The molecule has 0 aliphatic heterocycles. The second-order valence-corrected chi connectivity index (χ2v) is 5.47. The van der Waals surface area contributed by atoms with Crippen molar-refractivity contribution in [3.63, 3.8) is 0 Å². The van der Waals surface area contributed by atoms with Crippen molar-refractivity contribution in [2.24, 2.45) is 11.7 Å². The summed E-state index contributed by atoms with van der Waals surface area (Å²) in [7, 11) is 0. The summed E-state index contributed by atoms with van der Waals surface area (Å²) in [5.41, 5.74) is 6.09. The van der Waals surface area contributed by atoms with E-state index in [4.69, 9.17) is 5.73 Å². The molecule has 0 aromatic heterocycles. The lowest BCUT2D eigenvalue weighted by molar-refractivity contribution is 0.350. The molecule has 0 saturated heterocycles. The molecule has 1 atom stereocenters. The maximum atomic E-state index is 14.0. The summed E-state index contributed by atoms with van der Waals surface area (Å²) in [6.45, 7) is 4.12. The maximum absolute atomic E-state index is 14.0. The van der Waals surface area contributed by atoms with Gasteiger partial charge in [0.15, 0.2) is 0 Å². The second kappa shape index (κ2) is 7.19. The zero-order valence-electron chi connectivity index (χ0n) is 10.8. The van der Waals surface area contributed by atoms with E-state index in [9.17, 15) is 8.78 Å². The van der Waals surface area contributed by atoms with Crippen molar-refractivity contribution >= 4 is 15.9 Å². The van der Waals surface area contributed by atoms with Gasteiger partial charge in [0.25, 0.3) is 0 Å². The van der Waals surface area contributed by atoms with Crippen LogP contribution in [-0.2, 0) is 0 Å². The van der Waals surface area contributed by atoms with Gasteiger partial charge in [-0.2, -0.15) is 0 Å². The molecule has 0 bridgehead atoms. The summed E-state index contributed by atoms with van der Waals surface area (Å²) in [5, 5.41) is 0. The molecular weight excluding hydrogens is 300 g/mol. The van der Waals surface area contributed by atoms with Gasteiger partial charge in [-0.3, -0.25) is 0 Å². The number of hydrogen-bond acceptors (Lipinski definition) is 1. The van der Waals surface area contributed by atoms with Crippen LogP contribution in [-0.4, -0.2) is 0 Å². The van der Waals surface area contributed by atoms with Crippen LogP contribution in [0.1, 0.15) is 51.1 Å². The molecule has 0 saturated carbocycles. The third-order valence-electron chi connectivity index (χ3n) is 3.24. The molecule has 0 heterocycles. The molecule has 0 spiro atoms. The molecule has 4 heteroatoms. The van der Waals surface area contributed by atoms with Crippen LogP contribution in [0.4, 0.5) is 8.78 Å². The quantitative estimate of drug-likeness (QED) is 0.738. The lowest BCUT2D eigenvalue weighted by Gasteiger charge is -2.24. The molecule has 1 nitrogen and oxygen atoms in total. The highest BCUT2D eigenvalue weighted by Crippen LogP contribution is 2.33. The highest BCUT2D eigenvalue weighted by molar-refractivity contribution is 9.10. The van der Waals surface area contributed by atoms with Crippen LogP contribution in [0, 0.1) is 17.6 Å². The van der Waals surface area contributed by atoms with Crippen LogP contribution >= 0.6 is 15.9 Å². The molecule has 1 unspecified atom stereocenters. The largest absolute Gasteiger partial charge is 0.324 e. The van der Waals surface area contributed by atoms with Crippen molar-refractivity contribution in [3.8, 4) is 0 Å². The van der Waals surface area contributed by atoms with Crippen LogP contribution in [0.5, 0.6) is 0 Å². The number of nitrogens with two attached hydrogens (primary N) is 1. The third kappa shape index (κ3) is 3.51. The molecule has 0 aliphatic rings. The van der Waals surface area contributed by atoms with Gasteiger partial charge in [-0.25, -0.2) is 8.78 Å². The summed E-state index contributed by atoms with van der Waals surface area (Å²) < 4.78 is 28.0. The monoisotopic (exact) mass is 319 g/mol. The Labute approximate surface area is 116 Å². The molecule has 1 aromatic rings. The third-order valence-corrected chi connectivity index (χ3v) is 3.85. The van der Waals surface area contributed by atoms with E-state index < -0.39 is 17.7 Å². The van der Waals surface area contributed by atoms with Crippen LogP contribution in [0.25, 0.3) is 0 Å². The topological polar surface area (TPSA) is 26.0 Å². The van der Waals surface area contributed by atoms with Crippen molar-refractivity contribution in [1.82, 2.24) is 0 Å². The predicted octanol–water partition coefficient (Wildman–Crippen LogP) is 4.94. The second-order valence-electron chi connectivity index (χ2n) is 4.62. The summed E-state index contributed by atoms with van der Waals surface area (Å²) in [4.78, 5) is 0. The Hall–Kier alpha value is -0.480. The smallest absolute Gasteiger partial charge is 0.145 e. The molecule has 1 aromatic carbocycles. The summed E-state index contributed by atoms with van der Waals surface area (Å²) in [6, 6.07) is 2.05. The van der Waals surface area contributed by atoms with Crippen molar-refractivity contribution < 1.29 is 8.78 Å². The molecular formula is C14H20BrF2N. The van der Waals surface area contributed by atoms with Gasteiger partial charge in [-0.15, -0.1) is 0 Å². The average Bonchev–Trinajstić information content (AvgIpc) is 2.34. The molecule has 18 heavy (non-hydrogen) atoms. The first-order chi connectivity index (χ1) is 8.52. The minimum atomic E-state index is -0.581. The number of rotatable bonds is 6. The Morgan fingerprint density at radius 2 is 1.72 bits per heavy atom. The molecule has 0 aliphatic carbocycles. The number of benzene rings is 1. The molecule has 0 fully saturated rings. The van der Waals surface area contributed by atoms with Crippen molar-refractivity contribution in [2.75, 3.05) is 0 Å². The first-order valence-electron chi connectivity index (χ1n) is 6.41. The normalized spacial score (nSPS) is 13.1. The Kier molecular flexibility index (Phi) is 6.22. The lowest BCUT2D eigenvalue weighted by Crippen LogP contribution is -2.24. The standard InChI is InChI=1S/C14H20BrF2N/c1-3-5-9(6-4-2)14(18)12-11(16)8-7-10(15)13(12)17/h7-9,14H,3-6,18H2,1-2H3. The minimum absolute atomic E-state index is 0.0104. The van der Waals surface area contributed by atoms with Gasteiger partial charge in [0.2, 0.25) is 0 Å². The highest BCUT2D eigenvalue weighted by Gasteiger charge is 2.25. The molecule has 0 radical (unpaired) electrons. The van der Waals surface area contributed by atoms with Crippen molar-refractivity contribution in [2.45, 2.75) is 45.6 Å². The van der Waals surface area contributed by atoms with Gasteiger partial charge in [0.1, 0.15) is 11.6 Å². The van der Waals surface area contributed by atoms with Gasteiger partial charge >= 0.3 is 0 Å². The summed E-state index contributed by atoms with van der Waals surface area (Å²) >= 11 is 3.08. The fraction of sp³-hybridized carbons (Fsp3) is 0.571. The van der Waals surface area contributed by atoms with E-state index in [2.05, 4.69) is 29.8 Å². The van der Waals surface area contributed by atoms with E-state index in [1.54, 1.807) is 0 Å². The highest BCUT2D eigenvalue weighted by atomic mass is 79.9. The summed E-state index contributed by atoms with van der Waals surface area (Å²) in [5.74, 6) is -1.00. The molecule has 2 N–H and O–H groups in total. The number of hydrogen-bond donors (Lipinski definition) is 1. The van der Waals surface area contributed by atoms with Crippen LogP contribution in [0.3, 0.4) is 0 Å².